The molecule has 2 aromatic carbocycles. The number of fused-ring (bicyclic) bond motifs is 2. The van der Waals surface area contributed by atoms with E-state index in [-0.39, 0.29) is 48.1 Å². The molecule has 0 saturated carbocycles. The van der Waals surface area contributed by atoms with Gasteiger partial charge < -0.3 is 46.7 Å². The summed E-state index contributed by atoms with van der Waals surface area (Å²) >= 11 is 0. The van der Waals surface area contributed by atoms with E-state index in [9.17, 15) is 47.1 Å². The number of nitrogens with zero attached hydrogens (tertiary/aromatic N) is 2. The quantitative estimate of drug-likeness (QED) is 0.0915. The number of hydrogen-bond acceptors (Lipinski definition) is 10. The Labute approximate surface area is 340 Å². The van der Waals surface area contributed by atoms with Gasteiger partial charge in [0.2, 0.25) is 43.9 Å². The van der Waals surface area contributed by atoms with Gasteiger partial charge >= 0.3 is 0 Å². The van der Waals surface area contributed by atoms with Crippen molar-refractivity contribution in [3.63, 3.8) is 0 Å². The van der Waals surface area contributed by atoms with Crippen LogP contribution in [-0.4, -0.2) is 110 Å². The predicted molar refractivity (Wildman–Crippen MR) is 212 cm³/mol. The van der Waals surface area contributed by atoms with E-state index in [2.05, 4.69) is 15.6 Å². The maximum absolute atomic E-state index is 13.4. The van der Waals surface area contributed by atoms with Crippen LogP contribution in [0.1, 0.15) is 85.7 Å². The summed E-state index contributed by atoms with van der Waals surface area (Å²) < 4.78 is 26.5. The maximum Gasteiger partial charge on any atom is 0.265 e. The maximum atomic E-state index is 13.4. The number of amides is 6. The molecule has 2 aliphatic rings. The summed E-state index contributed by atoms with van der Waals surface area (Å²) in [5, 5.41) is 5.39. The highest BCUT2D eigenvalue weighted by atomic mass is 31.2. The Morgan fingerprint density at radius 3 is 2.27 bits per heavy atom. The van der Waals surface area contributed by atoms with Crippen LogP contribution >= 0.6 is 8.38 Å². The van der Waals surface area contributed by atoms with Gasteiger partial charge in [0.05, 0.1) is 6.04 Å². The van der Waals surface area contributed by atoms with Gasteiger partial charge in [0.15, 0.2) is 17.4 Å². The third-order valence-electron chi connectivity index (χ3n) is 9.70. The van der Waals surface area contributed by atoms with Crippen molar-refractivity contribution in [1.29, 1.82) is 0 Å². The fourth-order valence-corrected chi connectivity index (χ4v) is 6.91. The van der Waals surface area contributed by atoms with Gasteiger partial charge in [-0.3, -0.25) is 38.4 Å². The first kappa shape index (κ1) is 47.7. The number of hydrogen-bond donors (Lipinski definition) is 7. The summed E-state index contributed by atoms with van der Waals surface area (Å²) in [5.41, 5.74) is 10.8. The molecule has 0 bridgehead atoms. The second-order valence-corrected chi connectivity index (χ2v) is 15.3. The lowest BCUT2D eigenvalue weighted by molar-refractivity contribution is -0.136. The second kappa shape index (κ2) is 22.5. The van der Waals surface area contributed by atoms with Gasteiger partial charge in [-0.1, -0.05) is 19.9 Å². The molecular weight excluding hydrogens is 795 g/mol. The molecule has 6 amide bonds. The molecule has 9 N–H and O–H groups in total. The highest BCUT2D eigenvalue weighted by Gasteiger charge is 2.31. The van der Waals surface area contributed by atoms with Gasteiger partial charge in [0.1, 0.15) is 11.7 Å². The van der Waals surface area contributed by atoms with Crippen LogP contribution in [0.3, 0.4) is 0 Å². The molecule has 1 aromatic heterocycles. The summed E-state index contributed by atoms with van der Waals surface area (Å²) in [5.74, 6) is -4.41. The van der Waals surface area contributed by atoms with Gasteiger partial charge in [-0.05, 0) is 74.1 Å². The van der Waals surface area contributed by atoms with E-state index in [0.717, 1.165) is 44.5 Å². The molecule has 20 heteroatoms. The number of primary amides is 2. The van der Waals surface area contributed by atoms with Crippen molar-refractivity contribution in [3.05, 3.63) is 70.9 Å². The van der Waals surface area contributed by atoms with Crippen molar-refractivity contribution >= 4 is 66.5 Å². The lowest BCUT2D eigenvalue weighted by Gasteiger charge is -2.31. The monoisotopic (exact) mass is 845 g/mol. The van der Waals surface area contributed by atoms with Crippen LogP contribution in [-0.2, 0) is 35.2 Å². The molecule has 5 rings (SSSR count). The highest BCUT2D eigenvalue weighted by molar-refractivity contribution is 7.65. The number of Topliss-reactive ketones (excluding diaryl/α,β-unsaturated/α-hetero) is 1. The number of aromatic nitrogens is 1. The number of nitrogens with one attached hydrogen (secondary N) is 3. The van der Waals surface area contributed by atoms with Gasteiger partial charge in [-0.15, -0.1) is 0 Å². The Balaban J connectivity index is 0.000000249. The summed E-state index contributed by atoms with van der Waals surface area (Å²) in [6.07, 6.45) is 3.76. The number of benzene rings is 2. The number of halogens is 2. The molecule has 3 unspecified atom stereocenters. The Hall–Kier alpha value is -5.65. The van der Waals surface area contributed by atoms with E-state index in [1.54, 1.807) is 31.7 Å². The number of ketones is 1. The topological polar surface area (TPSA) is 275 Å². The van der Waals surface area contributed by atoms with E-state index in [4.69, 9.17) is 21.3 Å². The number of rotatable bonds is 14. The first-order chi connectivity index (χ1) is 27.8. The summed E-state index contributed by atoms with van der Waals surface area (Å²) in [7, 11) is -2.64. The fourth-order valence-electron chi connectivity index (χ4n) is 6.54. The number of nitrogens with two attached hydrogens (primary N) is 2. The average molecular weight is 846 g/mol. The Morgan fingerprint density at radius 2 is 1.68 bits per heavy atom. The number of carbonyl (C=O) groups excluding carboxylic acids is 8. The van der Waals surface area contributed by atoms with Gasteiger partial charge in [-0.2, -0.15) is 0 Å². The smallest absolute Gasteiger partial charge is 0.265 e. The summed E-state index contributed by atoms with van der Waals surface area (Å²) in [6.45, 7) is 7.19. The number of carbonyl (C=O) groups is 8. The van der Waals surface area contributed by atoms with E-state index in [1.807, 2.05) is 4.90 Å². The van der Waals surface area contributed by atoms with Crippen LogP contribution < -0.4 is 22.1 Å². The Kier molecular flexibility index (Phi) is 18.2. The molecule has 0 aliphatic carbocycles. The first-order valence-electron chi connectivity index (χ1n) is 18.8. The zero-order valence-electron chi connectivity index (χ0n) is 32.9. The third kappa shape index (κ3) is 14.3. The molecule has 3 heterocycles. The lowest BCUT2D eigenvalue weighted by atomic mass is 9.95. The van der Waals surface area contributed by atoms with E-state index < -0.39 is 61.3 Å². The third-order valence-corrected chi connectivity index (χ3v) is 10.3. The minimum atomic E-state index is -2.64. The van der Waals surface area contributed by atoms with Crippen LogP contribution in [0.25, 0.3) is 10.9 Å². The van der Waals surface area contributed by atoms with Crippen molar-refractivity contribution in [2.75, 3.05) is 19.6 Å². The average Bonchev–Trinajstić information content (AvgIpc) is 3.83. The minimum absolute atomic E-state index is 0.0341. The molecule has 0 radical (unpaired) electrons. The van der Waals surface area contributed by atoms with Gasteiger partial charge in [0.25, 0.3) is 5.91 Å². The van der Waals surface area contributed by atoms with E-state index >= 15 is 0 Å². The van der Waals surface area contributed by atoms with Crippen LogP contribution in [0.5, 0.6) is 0 Å². The van der Waals surface area contributed by atoms with Crippen molar-refractivity contribution in [3.8, 4) is 0 Å². The SMILES string of the molecule is CC(=O)N1CCC(=O)N2CCCC2CC1.CC(C)C(=O)C(Cc1ccc(F)c(F)c1)NC(=O)C(CCC(N)=O)NC=O.NC(=O)c1cc2cc(C(=O)P(O)O)ccc2[nH]1. The highest BCUT2D eigenvalue weighted by Crippen LogP contribution is 2.30. The molecule has 0 spiro atoms. The molecule has 59 heavy (non-hydrogen) atoms. The van der Waals surface area contributed by atoms with Gasteiger partial charge in [0, 0.05) is 67.8 Å². The van der Waals surface area contributed by atoms with Crippen molar-refractivity contribution in [2.24, 2.45) is 17.4 Å². The van der Waals surface area contributed by atoms with Crippen LogP contribution in [0, 0.1) is 17.6 Å². The van der Waals surface area contributed by atoms with Gasteiger partial charge in [-0.25, -0.2) is 8.78 Å². The lowest BCUT2D eigenvalue weighted by Crippen LogP contribution is -2.51. The summed E-state index contributed by atoms with van der Waals surface area (Å²) in [6, 6.07) is 7.55. The van der Waals surface area contributed by atoms with Crippen molar-refractivity contribution < 1.29 is 56.9 Å². The first-order valence-corrected chi connectivity index (χ1v) is 20.0. The zero-order chi connectivity index (χ0) is 44.0. The standard InChI is InChI=1S/C18H23F2N3O4.C11H18N2O2.C10H9N2O4P/c1-10(2)17(26)15(8-11-3-4-12(19)13(20)7-11)23-18(27)14(22-9-24)5-6-16(21)25;1-9(14)12-7-4-10-3-2-6-13(10)11(15)5-8-12;11-9(13)8-4-6-3-5(10(14)17(15)16)1-2-7(6)12-8/h3-4,7,9-10,14-15H,5-6,8H2,1-2H3,(H2,21,25)(H,22,24)(H,23,27);10H,2-8H2,1H3;1-4,12,15-16H,(H2,11,13). The van der Waals surface area contributed by atoms with E-state index in [0.29, 0.717) is 41.9 Å². The Bertz CT molecular complexity index is 2030. The fraction of sp³-hybridized carbons (Fsp3) is 0.436. The molecule has 2 saturated heterocycles. The summed E-state index contributed by atoms with van der Waals surface area (Å²) in [4.78, 5) is 116. The molecule has 2 fully saturated rings. The van der Waals surface area contributed by atoms with Crippen LogP contribution in [0.4, 0.5) is 8.78 Å². The number of H-pyrrole nitrogens is 1. The molecule has 2 aliphatic heterocycles. The minimum Gasteiger partial charge on any atom is -0.370 e. The van der Waals surface area contributed by atoms with Crippen molar-refractivity contribution in [1.82, 2.24) is 25.4 Å². The molecular formula is C39H50F2N7O10P. The molecule has 17 nitrogen and oxygen atoms in total. The second-order valence-electron chi connectivity index (χ2n) is 14.3. The zero-order valence-corrected chi connectivity index (χ0v) is 33.8. The number of aromatic amines is 1. The predicted octanol–water partition coefficient (Wildman–Crippen LogP) is 1.92. The van der Waals surface area contributed by atoms with Crippen LogP contribution in [0.15, 0.2) is 42.5 Å². The van der Waals surface area contributed by atoms with Crippen LogP contribution in [0.2, 0.25) is 0 Å². The van der Waals surface area contributed by atoms with Crippen molar-refractivity contribution in [2.45, 2.75) is 83.8 Å². The normalized spacial score (nSPS) is 16.0. The largest absolute Gasteiger partial charge is 0.370 e. The molecule has 3 aromatic rings. The molecule has 320 valence electrons. The Morgan fingerprint density at radius 1 is 0.966 bits per heavy atom. The molecule has 3 atom stereocenters. The van der Waals surface area contributed by atoms with E-state index in [1.165, 1.54) is 24.3 Å².